The molecule has 1 aromatic carbocycles. The second kappa shape index (κ2) is 4.67. The zero-order chi connectivity index (χ0) is 13.1. The standard InChI is InChI=1S/C12H9N3O3/c1-2-18-12-5-10-9(4-11(12)15(16)17)3-8(6-13)7-14-10/h3-5,7H,2H2,1H3. The Balaban J connectivity index is 2.68. The number of rotatable bonds is 3. The monoisotopic (exact) mass is 243 g/mol. The fourth-order valence-corrected chi connectivity index (χ4v) is 1.62. The predicted octanol–water partition coefficient (Wildman–Crippen LogP) is 2.41. The Bertz CT molecular complexity index is 661. The maximum absolute atomic E-state index is 10.9. The van der Waals surface area contributed by atoms with E-state index in [4.69, 9.17) is 10.00 Å². The number of hydrogen-bond acceptors (Lipinski definition) is 5. The number of pyridine rings is 1. The summed E-state index contributed by atoms with van der Waals surface area (Å²) in [4.78, 5) is 14.5. The number of benzene rings is 1. The third-order valence-corrected chi connectivity index (χ3v) is 2.39. The molecular weight excluding hydrogens is 234 g/mol. The van der Waals surface area contributed by atoms with Gasteiger partial charge in [0.15, 0.2) is 5.75 Å². The first kappa shape index (κ1) is 11.8. The molecule has 0 amide bonds. The zero-order valence-electron chi connectivity index (χ0n) is 9.58. The minimum atomic E-state index is -0.510. The molecule has 0 fully saturated rings. The van der Waals surface area contributed by atoms with E-state index in [2.05, 4.69) is 4.98 Å². The molecule has 0 aliphatic heterocycles. The molecule has 2 aromatic rings. The van der Waals surface area contributed by atoms with E-state index in [-0.39, 0.29) is 11.4 Å². The second-order valence-corrected chi connectivity index (χ2v) is 3.54. The molecular formula is C12H9N3O3. The fraction of sp³-hybridized carbons (Fsp3) is 0.167. The molecule has 0 saturated heterocycles. The van der Waals surface area contributed by atoms with E-state index in [9.17, 15) is 10.1 Å². The molecule has 90 valence electrons. The quantitative estimate of drug-likeness (QED) is 0.610. The van der Waals surface area contributed by atoms with Crippen molar-refractivity contribution in [2.75, 3.05) is 6.61 Å². The van der Waals surface area contributed by atoms with Gasteiger partial charge >= 0.3 is 5.69 Å². The lowest BCUT2D eigenvalue weighted by Crippen LogP contribution is -1.98. The lowest BCUT2D eigenvalue weighted by molar-refractivity contribution is -0.385. The van der Waals surface area contributed by atoms with Crippen molar-refractivity contribution in [3.05, 3.63) is 40.1 Å². The summed E-state index contributed by atoms with van der Waals surface area (Å²) in [5.74, 6) is 0.187. The molecule has 6 nitrogen and oxygen atoms in total. The Morgan fingerprint density at radius 3 is 2.89 bits per heavy atom. The van der Waals surface area contributed by atoms with E-state index >= 15 is 0 Å². The fourth-order valence-electron chi connectivity index (χ4n) is 1.62. The first-order chi connectivity index (χ1) is 8.65. The van der Waals surface area contributed by atoms with Crippen LogP contribution in [0.1, 0.15) is 12.5 Å². The van der Waals surface area contributed by atoms with E-state index < -0.39 is 4.92 Å². The van der Waals surface area contributed by atoms with Gasteiger partial charge in [0.25, 0.3) is 0 Å². The molecule has 0 spiro atoms. The van der Waals surface area contributed by atoms with Crippen LogP contribution in [0.15, 0.2) is 24.4 Å². The summed E-state index contributed by atoms with van der Waals surface area (Å²) in [5.41, 5.74) is 0.797. The first-order valence-electron chi connectivity index (χ1n) is 5.26. The molecule has 0 atom stereocenters. The third-order valence-electron chi connectivity index (χ3n) is 2.39. The van der Waals surface area contributed by atoms with Crippen LogP contribution in [0.3, 0.4) is 0 Å². The van der Waals surface area contributed by atoms with Gasteiger partial charge in [-0.05, 0) is 13.0 Å². The van der Waals surface area contributed by atoms with Crippen LogP contribution in [0.5, 0.6) is 5.75 Å². The first-order valence-corrected chi connectivity index (χ1v) is 5.26. The smallest absolute Gasteiger partial charge is 0.311 e. The topological polar surface area (TPSA) is 89.0 Å². The molecule has 0 N–H and O–H groups in total. The Morgan fingerprint density at radius 1 is 1.50 bits per heavy atom. The molecule has 6 heteroatoms. The number of hydrogen-bond donors (Lipinski definition) is 0. The highest BCUT2D eigenvalue weighted by atomic mass is 16.6. The number of nitro benzene ring substituents is 1. The minimum absolute atomic E-state index is 0.124. The molecule has 0 aliphatic carbocycles. The molecule has 0 saturated carbocycles. The highest BCUT2D eigenvalue weighted by Crippen LogP contribution is 2.31. The van der Waals surface area contributed by atoms with Crippen LogP contribution in [0.25, 0.3) is 10.9 Å². The zero-order valence-corrected chi connectivity index (χ0v) is 9.58. The van der Waals surface area contributed by atoms with Gasteiger partial charge < -0.3 is 4.74 Å². The van der Waals surface area contributed by atoms with Crippen LogP contribution < -0.4 is 4.74 Å². The maximum Gasteiger partial charge on any atom is 0.311 e. The molecule has 2 rings (SSSR count). The number of aromatic nitrogens is 1. The van der Waals surface area contributed by atoms with E-state index in [1.165, 1.54) is 18.3 Å². The highest BCUT2D eigenvalue weighted by molar-refractivity contribution is 5.84. The molecule has 1 heterocycles. The van der Waals surface area contributed by atoms with Gasteiger partial charge in [-0.1, -0.05) is 0 Å². The second-order valence-electron chi connectivity index (χ2n) is 3.54. The maximum atomic E-state index is 10.9. The molecule has 0 radical (unpaired) electrons. The van der Waals surface area contributed by atoms with E-state index in [0.29, 0.717) is 23.1 Å². The van der Waals surface area contributed by atoms with Crippen molar-refractivity contribution >= 4 is 16.6 Å². The molecule has 0 aliphatic rings. The van der Waals surface area contributed by atoms with Gasteiger partial charge in [-0.25, -0.2) is 0 Å². The lowest BCUT2D eigenvalue weighted by Gasteiger charge is -2.05. The summed E-state index contributed by atoms with van der Waals surface area (Å²) >= 11 is 0. The van der Waals surface area contributed by atoms with Crippen molar-refractivity contribution in [1.82, 2.24) is 4.98 Å². The summed E-state index contributed by atoms with van der Waals surface area (Å²) in [7, 11) is 0. The average Bonchev–Trinajstić information content (AvgIpc) is 2.37. The summed E-state index contributed by atoms with van der Waals surface area (Å²) in [6.45, 7) is 2.09. The van der Waals surface area contributed by atoms with Gasteiger partial charge in [0.1, 0.15) is 6.07 Å². The Morgan fingerprint density at radius 2 is 2.28 bits per heavy atom. The van der Waals surface area contributed by atoms with Gasteiger partial charge in [0, 0.05) is 23.7 Å². The van der Waals surface area contributed by atoms with Gasteiger partial charge in [-0.15, -0.1) is 0 Å². The van der Waals surface area contributed by atoms with Crippen LogP contribution in [-0.4, -0.2) is 16.5 Å². The number of ether oxygens (including phenoxy) is 1. The van der Waals surface area contributed by atoms with E-state index in [1.807, 2.05) is 6.07 Å². The molecule has 18 heavy (non-hydrogen) atoms. The van der Waals surface area contributed by atoms with Gasteiger partial charge in [0.2, 0.25) is 0 Å². The molecule has 0 bridgehead atoms. The van der Waals surface area contributed by atoms with Crippen LogP contribution in [0, 0.1) is 21.4 Å². The Kier molecular flexibility index (Phi) is 3.06. The van der Waals surface area contributed by atoms with Gasteiger partial charge in [-0.3, -0.25) is 15.1 Å². The Hall–Kier alpha value is -2.68. The highest BCUT2D eigenvalue weighted by Gasteiger charge is 2.16. The van der Waals surface area contributed by atoms with E-state index in [0.717, 1.165) is 0 Å². The summed E-state index contributed by atoms with van der Waals surface area (Å²) in [6.07, 6.45) is 1.42. The summed E-state index contributed by atoms with van der Waals surface area (Å²) in [6, 6.07) is 6.39. The lowest BCUT2D eigenvalue weighted by atomic mass is 10.1. The van der Waals surface area contributed by atoms with Crippen molar-refractivity contribution < 1.29 is 9.66 Å². The SMILES string of the molecule is CCOc1cc2ncc(C#N)cc2cc1[N+](=O)[O-]. The van der Waals surface area contributed by atoms with Crippen molar-refractivity contribution in [2.45, 2.75) is 6.92 Å². The Labute approximate surface area is 103 Å². The third kappa shape index (κ3) is 2.06. The van der Waals surface area contributed by atoms with E-state index in [1.54, 1.807) is 13.0 Å². The number of nitro groups is 1. The van der Waals surface area contributed by atoms with Gasteiger partial charge in [-0.2, -0.15) is 5.26 Å². The van der Waals surface area contributed by atoms with Gasteiger partial charge in [0.05, 0.1) is 22.6 Å². The van der Waals surface area contributed by atoms with Crippen LogP contribution >= 0.6 is 0 Å². The minimum Gasteiger partial charge on any atom is -0.487 e. The molecule has 1 aromatic heterocycles. The molecule has 0 unspecified atom stereocenters. The van der Waals surface area contributed by atoms with Crippen LogP contribution in [0.2, 0.25) is 0 Å². The van der Waals surface area contributed by atoms with Crippen molar-refractivity contribution in [1.29, 1.82) is 5.26 Å². The number of fused-ring (bicyclic) bond motifs is 1. The van der Waals surface area contributed by atoms with Crippen molar-refractivity contribution in [3.63, 3.8) is 0 Å². The predicted molar refractivity (Wildman–Crippen MR) is 64.3 cm³/mol. The summed E-state index contributed by atoms with van der Waals surface area (Å²) < 4.78 is 5.22. The van der Waals surface area contributed by atoms with Crippen molar-refractivity contribution in [2.24, 2.45) is 0 Å². The van der Waals surface area contributed by atoms with Crippen LogP contribution in [0.4, 0.5) is 5.69 Å². The normalized spacial score (nSPS) is 10.0. The van der Waals surface area contributed by atoms with Crippen molar-refractivity contribution in [3.8, 4) is 11.8 Å². The average molecular weight is 243 g/mol. The number of nitriles is 1. The van der Waals surface area contributed by atoms with Crippen LogP contribution in [-0.2, 0) is 0 Å². The summed E-state index contributed by atoms with van der Waals surface area (Å²) in [5, 5.41) is 20.2. The number of nitrogens with zero attached hydrogens (tertiary/aromatic N) is 3. The largest absolute Gasteiger partial charge is 0.487 e.